The van der Waals surface area contributed by atoms with Crippen molar-refractivity contribution in [1.29, 1.82) is 0 Å². The predicted molar refractivity (Wildman–Crippen MR) is 134 cm³/mol. The summed E-state index contributed by atoms with van der Waals surface area (Å²) in [4.78, 5) is 19.6. The smallest absolute Gasteiger partial charge is 0.475 e. The van der Waals surface area contributed by atoms with Crippen LogP contribution in [0.2, 0.25) is 0 Å². The number of aromatic nitrogens is 2. The predicted octanol–water partition coefficient (Wildman–Crippen LogP) is 6.17. The van der Waals surface area contributed by atoms with E-state index in [1.54, 1.807) is 11.3 Å². The van der Waals surface area contributed by atoms with Gasteiger partial charge in [-0.1, -0.05) is 36.4 Å². The summed E-state index contributed by atoms with van der Waals surface area (Å²) in [5, 5.41) is 10.6. The van der Waals surface area contributed by atoms with E-state index in [1.807, 2.05) is 0 Å². The Labute approximate surface area is 210 Å². The van der Waals surface area contributed by atoms with Gasteiger partial charge in [-0.25, -0.2) is 9.78 Å². The summed E-state index contributed by atoms with van der Waals surface area (Å²) >= 11 is 1.77. The van der Waals surface area contributed by atoms with Crippen LogP contribution in [0.25, 0.3) is 32.2 Å². The molecule has 1 fully saturated rings. The van der Waals surface area contributed by atoms with Crippen LogP contribution in [0.3, 0.4) is 0 Å². The molecule has 0 aliphatic carbocycles. The first-order valence-corrected chi connectivity index (χ1v) is 12.3. The fourth-order valence-electron chi connectivity index (χ4n) is 3.88. The van der Waals surface area contributed by atoms with Gasteiger partial charge in [0.15, 0.2) is 0 Å². The first kappa shape index (κ1) is 25.9. The number of aryl methyl sites for hydroxylation is 1. The topological polar surface area (TPSA) is 87.2 Å². The molecule has 0 radical (unpaired) electrons. The number of aromatic amines is 1. The molecule has 2 aromatic carbocycles. The number of fused-ring (bicyclic) bond motifs is 1. The number of imidazole rings is 1. The monoisotopic (exact) mass is 517 g/mol. The van der Waals surface area contributed by atoms with E-state index in [1.165, 1.54) is 34.4 Å². The molecular formula is C26H26F3N3O3S. The van der Waals surface area contributed by atoms with Gasteiger partial charge in [0.2, 0.25) is 0 Å². The summed E-state index contributed by atoms with van der Waals surface area (Å²) in [5.41, 5.74) is 5.89. The highest BCUT2D eigenvalue weighted by molar-refractivity contribution is 7.18. The average molecular weight is 518 g/mol. The summed E-state index contributed by atoms with van der Waals surface area (Å²) in [6.07, 6.45) is -2.32. The molecule has 3 heterocycles. The number of halogens is 3. The fourth-order valence-corrected chi connectivity index (χ4v) is 4.84. The minimum absolute atomic E-state index is 0.390. The lowest BCUT2D eigenvalue weighted by molar-refractivity contribution is -0.192. The highest BCUT2D eigenvalue weighted by atomic mass is 32.1. The number of carboxylic acid groups (broad SMARTS) is 1. The number of ether oxygens (including phenoxy) is 1. The summed E-state index contributed by atoms with van der Waals surface area (Å²) in [6, 6.07) is 19.4. The first-order valence-electron chi connectivity index (χ1n) is 11.5. The van der Waals surface area contributed by atoms with Crippen LogP contribution in [0.15, 0.2) is 54.6 Å². The molecule has 5 rings (SSSR count). The molecule has 0 saturated carbocycles. The van der Waals surface area contributed by atoms with Crippen LogP contribution in [0, 0.1) is 6.92 Å². The minimum atomic E-state index is -5.08. The lowest BCUT2D eigenvalue weighted by Crippen LogP contribution is -2.25. The molecule has 4 aromatic rings. The first-order chi connectivity index (χ1) is 17.2. The molecule has 36 heavy (non-hydrogen) atoms. The standard InChI is InChI=1S/C24H25N3OS.C2HF3O2/c1-16-4-2-6-20-23(16)27-24(26-20)22-12-11-21(29-22)18-9-7-17(8-10-18)14-25-15-19-5-3-13-28-19;3-2(4,5)1(6)7/h2,4,6-12,19,25H,3,5,13-15H2,1H3,(H,26,27);(H,6,7). The highest BCUT2D eigenvalue weighted by Gasteiger charge is 2.38. The second kappa shape index (κ2) is 11.2. The van der Waals surface area contributed by atoms with Crippen LogP contribution in [-0.2, 0) is 16.1 Å². The molecule has 0 amide bonds. The quantitative estimate of drug-likeness (QED) is 0.285. The third-order valence-corrected chi connectivity index (χ3v) is 6.90. The number of aliphatic carboxylic acids is 1. The van der Waals surface area contributed by atoms with Crippen LogP contribution < -0.4 is 5.32 Å². The molecular weight excluding hydrogens is 491 g/mol. The van der Waals surface area contributed by atoms with E-state index < -0.39 is 12.1 Å². The van der Waals surface area contributed by atoms with Gasteiger partial charge in [-0.3, -0.25) is 0 Å². The number of thiophene rings is 1. The zero-order valence-corrected chi connectivity index (χ0v) is 20.4. The molecule has 0 spiro atoms. The van der Waals surface area contributed by atoms with E-state index in [-0.39, 0.29) is 0 Å². The van der Waals surface area contributed by atoms with Crippen molar-refractivity contribution in [3.05, 3.63) is 65.7 Å². The van der Waals surface area contributed by atoms with Gasteiger partial charge in [-0.2, -0.15) is 13.2 Å². The molecule has 1 saturated heterocycles. The van der Waals surface area contributed by atoms with Gasteiger partial charge in [0.1, 0.15) is 5.82 Å². The zero-order chi connectivity index (χ0) is 25.7. The number of hydrogen-bond acceptors (Lipinski definition) is 5. The van der Waals surface area contributed by atoms with Crippen LogP contribution in [0.1, 0.15) is 24.0 Å². The Kier molecular flexibility index (Phi) is 8.07. The van der Waals surface area contributed by atoms with Crippen LogP contribution in [0.5, 0.6) is 0 Å². The Balaban J connectivity index is 0.000000384. The van der Waals surface area contributed by atoms with E-state index in [9.17, 15) is 13.2 Å². The van der Waals surface area contributed by atoms with Gasteiger partial charge >= 0.3 is 12.1 Å². The van der Waals surface area contributed by atoms with Gasteiger partial charge in [0.25, 0.3) is 0 Å². The number of rotatable bonds is 6. The van der Waals surface area contributed by atoms with Crippen molar-refractivity contribution >= 4 is 28.3 Å². The van der Waals surface area contributed by atoms with E-state index >= 15 is 0 Å². The van der Waals surface area contributed by atoms with Crippen molar-refractivity contribution in [2.24, 2.45) is 0 Å². The molecule has 2 aromatic heterocycles. The maximum atomic E-state index is 10.6. The second-order valence-corrected chi connectivity index (χ2v) is 9.57. The number of nitrogens with one attached hydrogen (secondary N) is 2. The molecule has 1 aliphatic heterocycles. The van der Waals surface area contributed by atoms with Gasteiger partial charge < -0.3 is 20.1 Å². The summed E-state index contributed by atoms with van der Waals surface area (Å²) < 4.78 is 37.4. The number of para-hydroxylation sites is 1. The van der Waals surface area contributed by atoms with Crippen LogP contribution >= 0.6 is 11.3 Å². The molecule has 0 bridgehead atoms. The zero-order valence-electron chi connectivity index (χ0n) is 19.6. The molecule has 3 N–H and O–H groups in total. The number of carbonyl (C=O) groups is 1. The Hall–Kier alpha value is -3.21. The fraction of sp³-hybridized carbons (Fsp3) is 0.308. The number of carboxylic acids is 1. The van der Waals surface area contributed by atoms with Gasteiger partial charge in [0, 0.05) is 24.6 Å². The maximum Gasteiger partial charge on any atom is 0.490 e. The molecule has 1 aliphatic rings. The summed E-state index contributed by atoms with van der Waals surface area (Å²) in [7, 11) is 0. The Bertz CT molecular complexity index is 1310. The third-order valence-electron chi connectivity index (χ3n) is 5.76. The minimum Gasteiger partial charge on any atom is -0.475 e. The van der Waals surface area contributed by atoms with Crippen molar-refractivity contribution in [1.82, 2.24) is 15.3 Å². The molecule has 1 unspecified atom stereocenters. The largest absolute Gasteiger partial charge is 0.490 e. The van der Waals surface area contributed by atoms with E-state index in [0.29, 0.717) is 6.10 Å². The third kappa shape index (κ3) is 6.51. The van der Waals surface area contributed by atoms with Crippen LogP contribution in [-0.4, -0.2) is 46.5 Å². The molecule has 6 nitrogen and oxygen atoms in total. The highest BCUT2D eigenvalue weighted by Crippen LogP contribution is 2.34. The van der Waals surface area contributed by atoms with E-state index in [0.717, 1.165) is 41.4 Å². The normalized spacial score (nSPS) is 15.6. The number of nitrogens with zero attached hydrogens (tertiary/aromatic N) is 1. The SMILES string of the molecule is Cc1cccc2[nH]c(-c3ccc(-c4ccc(CNCC5CCCO5)cc4)s3)nc12.O=C(O)C(F)(F)F. The Morgan fingerprint density at radius 2 is 1.89 bits per heavy atom. The van der Waals surface area contributed by atoms with Crippen molar-refractivity contribution in [2.75, 3.05) is 13.2 Å². The summed E-state index contributed by atoms with van der Waals surface area (Å²) in [5.74, 6) is -1.81. The summed E-state index contributed by atoms with van der Waals surface area (Å²) in [6.45, 7) is 4.84. The number of hydrogen-bond donors (Lipinski definition) is 3. The van der Waals surface area contributed by atoms with Gasteiger partial charge in [-0.15, -0.1) is 11.3 Å². The van der Waals surface area contributed by atoms with Crippen molar-refractivity contribution in [2.45, 2.75) is 38.6 Å². The lowest BCUT2D eigenvalue weighted by Gasteiger charge is -2.10. The average Bonchev–Trinajstić information content (AvgIpc) is 3.60. The molecule has 190 valence electrons. The van der Waals surface area contributed by atoms with Gasteiger partial charge in [0.05, 0.1) is 22.0 Å². The van der Waals surface area contributed by atoms with Crippen molar-refractivity contribution < 1.29 is 27.8 Å². The Morgan fingerprint density at radius 3 is 2.53 bits per heavy atom. The van der Waals surface area contributed by atoms with Crippen molar-refractivity contribution in [3.8, 4) is 21.1 Å². The van der Waals surface area contributed by atoms with Crippen molar-refractivity contribution in [3.63, 3.8) is 0 Å². The van der Waals surface area contributed by atoms with Crippen LogP contribution in [0.4, 0.5) is 13.2 Å². The van der Waals surface area contributed by atoms with E-state index in [4.69, 9.17) is 19.6 Å². The number of H-pyrrole nitrogens is 1. The Morgan fingerprint density at radius 1 is 1.17 bits per heavy atom. The maximum absolute atomic E-state index is 10.6. The molecule has 1 atom stereocenters. The lowest BCUT2D eigenvalue weighted by atomic mass is 10.1. The molecule has 10 heteroatoms. The second-order valence-electron chi connectivity index (χ2n) is 8.49. The van der Waals surface area contributed by atoms with E-state index in [2.05, 4.69) is 71.8 Å². The number of alkyl halides is 3. The number of benzene rings is 2. The van der Waals surface area contributed by atoms with Gasteiger partial charge in [-0.05, 0) is 54.7 Å².